The number of nitrogens with zero attached hydrogens (tertiary/aromatic N) is 1. The molecular formula is C29H29IN4O7. The summed E-state index contributed by atoms with van der Waals surface area (Å²) in [6.45, 7) is 6.18. The number of fused-ring (bicyclic) bond motifs is 1. The minimum Gasteiger partial charge on any atom is -0.490 e. The first-order chi connectivity index (χ1) is 19.7. The number of hydrogen-bond acceptors (Lipinski definition) is 8. The van der Waals surface area contributed by atoms with Crippen LogP contribution >= 0.6 is 22.6 Å². The highest BCUT2D eigenvalue weighted by molar-refractivity contribution is 14.1. The smallest absolute Gasteiger partial charge is 0.329 e. The summed E-state index contributed by atoms with van der Waals surface area (Å²) >= 11 is 2.07. The lowest BCUT2D eigenvalue weighted by Gasteiger charge is -2.15. The Labute approximate surface area is 250 Å². The third-order valence-corrected chi connectivity index (χ3v) is 6.46. The number of hydrogen-bond donors (Lipinski definition) is 3. The Morgan fingerprint density at radius 2 is 1.73 bits per heavy atom. The first-order valence-corrected chi connectivity index (χ1v) is 13.8. The number of ether oxygens (including phenoxy) is 4. The summed E-state index contributed by atoms with van der Waals surface area (Å²) in [5, 5.41) is 9.26. The van der Waals surface area contributed by atoms with Crippen LogP contribution < -0.4 is 35.0 Å². The molecule has 11 nitrogen and oxygen atoms in total. The molecule has 1 aliphatic heterocycles. The molecule has 0 radical (unpaired) electrons. The van der Waals surface area contributed by atoms with Crippen molar-refractivity contribution in [3.8, 4) is 23.0 Å². The van der Waals surface area contributed by atoms with E-state index in [0.29, 0.717) is 44.4 Å². The average molecular weight is 672 g/mol. The summed E-state index contributed by atoms with van der Waals surface area (Å²) in [7, 11) is 0. The fourth-order valence-corrected chi connectivity index (χ4v) is 4.76. The molecule has 12 heteroatoms. The van der Waals surface area contributed by atoms with Crippen LogP contribution in [0.25, 0.3) is 0 Å². The standard InChI is InChI=1S/C29H29IN4O7/c1-4-38-25-12-20(10-22(30)27(25)39-15-26(35)33-21-8-17(2)7-18(3)9-21)14-32-34-29(37)28(36)31-13-19-5-6-23-24(11-19)41-16-40-23/h5-12,14H,4,13,15-16H2,1-3H3,(H,31,36)(H,33,35)(H,34,37)/b32-14-. The topological polar surface area (TPSA) is 137 Å². The van der Waals surface area contributed by atoms with Gasteiger partial charge in [-0.2, -0.15) is 5.10 Å². The summed E-state index contributed by atoms with van der Waals surface area (Å²) in [5.74, 6) is -0.0291. The predicted molar refractivity (Wildman–Crippen MR) is 161 cm³/mol. The van der Waals surface area contributed by atoms with E-state index in [-0.39, 0.29) is 25.9 Å². The van der Waals surface area contributed by atoms with Gasteiger partial charge in [-0.1, -0.05) is 12.1 Å². The van der Waals surface area contributed by atoms with Gasteiger partial charge in [0.25, 0.3) is 5.91 Å². The molecular weight excluding hydrogens is 643 g/mol. The molecule has 0 bridgehead atoms. The van der Waals surface area contributed by atoms with Crippen LogP contribution in [-0.4, -0.2) is 43.9 Å². The van der Waals surface area contributed by atoms with Gasteiger partial charge in [0.1, 0.15) is 0 Å². The Hall–Kier alpha value is -4.33. The van der Waals surface area contributed by atoms with Crippen LogP contribution in [0.5, 0.6) is 23.0 Å². The maximum absolute atomic E-state index is 12.5. The van der Waals surface area contributed by atoms with E-state index in [1.807, 2.05) is 39.0 Å². The van der Waals surface area contributed by atoms with Crippen molar-refractivity contribution in [2.24, 2.45) is 5.10 Å². The Balaban J connectivity index is 1.31. The average Bonchev–Trinajstić information content (AvgIpc) is 3.39. The third kappa shape index (κ3) is 8.33. The molecule has 3 N–H and O–H groups in total. The fourth-order valence-electron chi connectivity index (χ4n) is 3.98. The fraction of sp³-hybridized carbons (Fsp3) is 0.241. The van der Waals surface area contributed by atoms with E-state index < -0.39 is 11.8 Å². The Morgan fingerprint density at radius 1 is 0.976 bits per heavy atom. The maximum atomic E-state index is 12.5. The second-order valence-corrected chi connectivity index (χ2v) is 10.2. The molecule has 0 saturated heterocycles. The molecule has 3 aromatic rings. The van der Waals surface area contributed by atoms with Crippen molar-refractivity contribution in [2.75, 3.05) is 25.3 Å². The normalized spacial score (nSPS) is 11.7. The van der Waals surface area contributed by atoms with Gasteiger partial charge in [-0.05, 0) is 102 Å². The molecule has 4 rings (SSSR count). The van der Waals surface area contributed by atoms with Crippen molar-refractivity contribution < 1.29 is 33.3 Å². The molecule has 41 heavy (non-hydrogen) atoms. The number of carbonyl (C=O) groups excluding carboxylic acids is 3. The Bertz CT molecular complexity index is 1470. The van der Waals surface area contributed by atoms with E-state index >= 15 is 0 Å². The van der Waals surface area contributed by atoms with Crippen LogP contribution in [0.15, 0.2) is 53.6 Å². The van der Waals surface area contributed by atoms with E-state index in [1.165, 1.54) is 6.21 Å². The molecule has 0 fully saturated rings. The number of benzene rings is 3. The number of halogens is 1. The second-order valence-electron chi connectivity index (χ2n) is 9.05. The number of nitrogens with one attached hydrogen (secondary N) is 3. The van der Waals surface area contributed by atoms with Crippen molar-refractivity contribution in [2.45, 2.75) is 27.3 Å². The number of aryl methyl sites for hydroxylation is 2. The van der Waals surface area contributed by atoms with Crippen LogP contribution in [0, 0.1) is 17.4 Å². The maximum Gasteiger partial charge on any atom is 0.329 e. The van der Waals surface area contributed by atoms with E-state index in [1.54, 1.807) is 30.3 Å². The van der Waals surface area contributed by atoms with Crippen molar-refractivity contribution in [1.82, 2.24) is 10.7 Å². The van der Waals surface area contributed by atoms with Gasteiger partial charge < -0.3 is 29.6 Å². The lowest BCUT2D eigenvalue weighted by atomic mass is 10.1. The van der Waals surface area contributed by atoms with Crippen LogP contribution in [0.3, 0.4) is 0 Å². The number of anilines is 1. The van der Waals surface area contributed by atoms with Crippen LogP contribution in [-0.2, 0) is 20.9 Å². The van der Waals surface area contributed by atoms with Gasteiger partial charge in [0.2, 0.25) is 6.79 Å². The zero-order valence-electron chi connectivity index (χ0n) is 22.7. The number of hydrazone groups is 1. The van der Waals surface area contributed by atoms with Gasteiger partial charge in [-0.25, -0.2) is 5.43 Å². The Morgan fingerprint density at radius 3 is 2.49 bits per heavy atom. The SMILES string of the molecule is CCOc1cc(/C=N\NC(=O)C(=O)NCc2ccc3c(c2)OCO3)cc(I)c1OCC(=O)Nc1cc(C)cc(C)c1. The molecule has 214 valence electrons. The molecule has 3 amide bonds. The first kappa shape index (κ1) is 29.6. The minimum atomic E-state index is -0.920. The van der Waals surface area contributed by atoms with Gasteiger partial charge >= 0.3 is 11.8 Å². The van der Waals surface area contributed by atoms with Gasteiger partial charge in [0.05, 0.1) is 16.4 Å². The van der Waals surface area contributed by atoms with E-state index in [9.17, 15) is 14.4 Å². The van der Waals surface area contributed by atoms with Gasteiger partial charge in [-0.15, -0.1) is 0 Å². The van der Waals surface area contributed by atoms with Crippen molar-refractivity contribution in [3.63, 3.8) is 0 Å². The third-order valence-electron chi connectivity index (χ3n) is 5.66. The van der Waals surface area contributed by atoms with Crippen LogP contribution in [0.1, 0.15) is 29.2 Å². The molecule has 0 unspecified atom stereocenters. The summed E-state index contributed by atoms with van der Waals surface area (Å²) in [6.07, 6.45) is 1.38. The molecule has 3 aromatic carbocycles. The molecule has 0 aromatic heterocycles. The number of amides is 3. The molecule has 0 aliphatic carbocycles. The number of carbonyl (C=O) groups is 3. The molecule has 1 aliphatic rings. The summed E-state index contributed by atoms with van der Waals surface area (Å²) in [6, 6.07) is 14.5. The highest BCUT2D eigenvalue weighted by atomic mass is 127. The quantitative estimate of drug-likeness (QED) is 0.129. The van der Waals surface area contributed by atoms with Gasteiger partial charge in [0, 0.05) is 12.2 Å². The highest BCUT2D eigenvalue weighted by Crippen LogP contribution is 2.34. The highest BCUT2D eigenvalue weighted by Gasteiger charge is 2.17. The molecule has 0 spiro atoms. The largest absolute Gasteiger partial charge is 0.490 e. The minimum absolute atomic E-state index is 0.132. The lowest BCUT2D eigenvalue weighted by Crippen LogP contribution is -2.37. The lowest BCUT2D eigenvalue weighted by molar-refractivity contribution is -0.139. The first-order valence-electron chi connectivity index (χ1n) is 12.7. The van der Waals surface area contributed by atoms with Gasteiger partial charge in [0.15, 0.2) is 29.6 Å². The second kappa shape index (κ2) is 13.8. The summed E-state index contributed by atoms with van der Waals surface area (Å²) in [4.78, 5) is 36.9. The zero-order chi connectivity index (χ0) is 29.4. The van der Waals surface area contributed by atoms with E-state index in [2.05, 4.69) is 43.8 Å². The summed E-state index contributed by atoms with van der Waals surface area (Å²) in [5.41, 5.74) is 6.34. The van der Waals surface area contributed by atoms with E-state index in [0.717, 1.165) is 16.7 Å². The van der Waals surface area contributed by atoms with Crippen molar-refractivity contribution in [3.05, 3.63) is 74.4 Å². The number of rotatable bonds is 10. The molecule has 0 atom stereocenters. The monoisotopic (exact) mass is 672 g/mol. The van der Waals surface area contributed by atoms with Gasteiger partial charge in [-0.3, -0.25) is 14.4 Å². The van der Waals surface area contributed by atoms with E-state index in [4.69, 9.17) is 18.9 Å². The molecule has 0 saturated carbocycles. The van der Waals surface area contributed by atoms with Crippen LogP contribution in [0.2, 0.25) is 0 Å². The predicted octanol–water partition coefficient (Wildman–Crippen LogP) is 3.82. The van der Waals surface area contributed by atoms with Crippen molar-refractivity contribution >= 4 is 52.2 Å². The van der Waals surface area contributed by atoms with Crippen LogP contribution in [0.4, 0.5) is 5.69 Å². The zero-order valence-corrected chi connectivity index (χ0v) is 24.9. The molecule has 1 heterocycles. The van der Waals surface area contributed by atoms with Crippen molar-refractivity contribution in [1.29, 1.82) is 0 Å². The summed E-state index contributed by atoms with van der Waals surface area (Å²) < 4.78 is 22.8. The Kier molecular flexibility index (Phi) is 10.0.